The molecule has 14 nitrogen and oxygen atoms in total. The number of fused-ring (bicyclic) bond motifs is 6. The molecule has 332 valence electrons. The molecule has 0 atom stereocenters. The number of hydrogen-bond acceptors (Lipinski definition) is 9. The van der Waals surface area contributed by atoms with Gasteiger partial charge in [-0.1, -0.05) is 0 Å². The van der Waals surface area contributed by atoms with Crippen molar-refractivity contribution in [2.24, 2.45) is 17.3 Å². The van der Waals surface area contributed by atoms with E-state index >= 15 is 0 Å². The van der Waals surface area contributed by atoms with E-state index in [9.17, 15) is 36.3 Å². The number of benzene rings is 4. The third-order valence-corrected chi connectivity index (χ3v) is 12.2. The number of carbonyl (C=O) groups excluding carboxylic acids is 3. The number of amides is 2. The number of aromatic amines is 2. The van der Waals surface area contributed by atoms with Crippen LogP contribution in [0, 0.1) is 29.1 Å². The number of ether oxygens (including phenoxy) is 3. The van der Waals surface area contributed by atoms with E-state index in [-0.39, 0.29) is 24.1 Å². The van der Waals surface area contributed by atoms with Gasteiger partial charge in [-0.2, -0.15) is 8.78 Å². The molecule has 65 heavy (non-hydrogen) atoms. The van der Waals surface area contributed by atoms with Crippen LogP contribution in [0.2, 0.25) is 0 Å². The van der Waals surface area contributed by atoms with Gasteiger partial charge in [-0.3, -0.25) is 9.59 Å². The van der Waals surface area contributed by atoms with Gasteiger partial charge in [0.1, 0.15) is 40.0 Å². The van der Waals surface area contributed by atoms with Crippen LogP contribution in [0.4, 0.5) is 50.4 Å². The molecule has 4 aromatic carbocycles. The van der Waals surface area contributed by atoms with Crippen molar-refractivity contribution >= 4 is 68.0 Å². The third-order valence-electron chi connectivity index (χ3n) is 12.2. The highest BCUT2D eigenvalue weighted by atomic mass is 19.2. The number of nitrogens with one attached hydrogen (secondary N) is 2. The quantitative estimate of drug-likeness (QED) is 0.0366. The molecular formula is C46H37F5N8O6. The number of azo groups is 1. The number of rotatable bonds is 9. The topological polar surface area (TPSA) is 150 Å². The lowest BCUT2D eigenvalue weighted by Gasteiger charge is -2.21. The fourth-order valence-electron chi connectivity index (χ4n) is 9.05. The minimum absolute atomic E-state index is 0.230. The zero-order valence-corrected chi connectivity index (χ0v) is 35.0. The average molecular weight is 893 g/mol. The van der Waals surface area contributed by atoms with Crippen LogP contribution in [0.3, 0.4) is 0 Å². The van der Waals surface area contributed by atoms with Crippen LogP contribution in [-0.2, 0) is 19.9 Å². The molecule has 0 unspecified atom stereocenters. The number of aryl methyl sites for hydroxylation is 1. The van der Waals surface area contributed by atoms with Crippen molar-refractivity contribution in [2.45, 2.75) is 25.7 Å². The summed E-state index contributed by atoms with van der Waals surface area (Å²) in [4.78, 5) is 52.6. The summed E-state index contributed by atoms with van der Waals surface area (Å²) in [5.74, 6) is -13.9. The molecule has 1 fully saturated rings. The number of H-pyrrole nitrogens is 2. The highest BCUT2D eigenvalue weighted by molar-refractivity contribution is 6.12. The molecular weight excluding hydrogens is 856 g/mol. The van der Waals surface area contributed by atoms with Crippen molar-refractivity contribution in [3.05, 3.63) is 118 Å². The Bertz CT molecular complexity index is 3160. The van der Waals surface area contributed by atoms with Crippen LogP contribution in [0.15, 0.2) is 71.0 Å². The van der Waals surface area contributed by atoms with Crippen molar-refractivity contribution in [1.82, 2.24) is 14.5 Å². The fourth-order valence-corrected chi connectivity index (χ4v) is 9.05. The summed E-state index contributed by atoms with van der Waals surface area (Å²) in [5, 5.41) is 10.2. The first-order chi connectivity index (χ1) is 31.3. The van der Waals surface area contributed by atoms with E-state index in [1.807, 2.05) is 18.2 Å². The van der Waals surface area contributed by atoms with E-state index < -0.39 is 40.8 Å². The fraction of sp³-hybridized carbons (Fsp3) is 0.239. The minimum Gasteiger partial charge on any atom is -0.494 e. The lowest BCUT2D eigenvalue weighted by molar-refractivity contribution is 0.0710. The highest BCUT2D eigenvalue weighted by Crippen LogP contribution is 2.43. The molecule has 2 N–H and O–H groups in total. The second-order valence-corrected chi connectivity index (χ2v) is 15.9. The smallest absolute Gasteiger partial charge is 0.360 e. The molecule has 0 radical (unpaired) electrons. The molecule has 19 heteroatoms. The predicted octanol–water partition coefficient (Wildman–Crippen LogP) is 9.34. The third kappa shape index (κ3) is 6.80. The summed E-state index contributed by atoms with van der Waals surface area (Å²) >= 11 is 0. The number of aromatic nitrogens is 3. The molecule has 0 aliphatic carbocycles. The molecule has 6 heterocycles. The van der Waals surface area contributed by atoms with Crippen LogP contribution in [0.25, 0.3) is 21.8 Å². The van der Waals surface area contributed by atoms with Crippen LogP contribution in [0.5, 0.6) is 17.2 Å². The molecule has 3 aliphatic heterocycles. The second-order valence-electron chi connectivity index (χ2n) is 15.9. The number of hydrogen-bond donors (Lipinski definition) is 2. The highest BCUT2D eigenvalue weighted by Gasteiger charge is 2.34. The summed E-state index contributed by atoms with van der Waals surface area (Å²) in [5.41, 5.74) is 6.28. The number of esters is 1. The summed E-state index contributed by atoms with van der Waals surface area (Å²) in [7, 11) is 4.96. The Labute approximate surface area is 365 Å². The van der Waals surface area contributed by atoms with Gasteiger partial charge < -0.3 is 43.4 Å². The van der Waals surface area contributed by atoms with E-state index in [2.05, 4.69) is 29.8 Å². The van der Waals surface area contributed by atoms with Crippen LogP contribution in [0.1, 0.15) is 55.4 Å². The zero-order valence-electron chi connectivity index (χ0n) is 35.0. The van der Waals surface area contributed by atoms with Gasteiger partial charge in [-0.05, 0) is 79.3 Å². The molecule has 0 saturated carbocycles. The first kappa shape index (κ1) is 41.3. The number of carbonyl (C=O) groups is 3. The van der Waals surface area contributed by atoms with E-state index in [1.165, 1.54) is 6.07 Å². The predicted molar refractivity (Wildman–Crippen MR) is 229 cm³/mol. The van der Waals surface area contributed by atoms with E-state index in [4.69, 9.17) is 9.47 Å². The van der Waals surface area contributed by atoms with Crippen molar-refractivity contribution in [2.75, 3.05) is 55.1 Å². The molecule has 0 spiro atoms. The van der Waals surface area contributed by atoms with Gasteiger partial charge in [0.15, 0.2) is 0 Å². The molecule has 7 aromatic rings. The molecule has 2 amide bonds. The van der Waals surface area contributed by atoms with Crippen molar-refractivity contribution in [3.8, 4) is 17.2 Å². The maximum Gasteiger partial charge on any atom is 0.360 e. The van der Waals surface area contributed by atoms with E-state index in [0.717, 1.165) is 48.3 Å². The standard InChI is InChI=1S/C46H37F5N8O6/c1-56-21-22(54-55-29-19-37(64-3)34(20-36(29)63-2)57-12-4-5-13-57)16-35(56)45(61)59-15-11-23-25-17-30(52-27(25)6-9-33(23)59)44(60)58-14-10-24-26-18-31(53-28(26)7-8-32(24)58)46(62)65-43-41(50)39(48)38(47)40(49)42(43)51/h6-9,16-21,52-53H,4-5,10-15H2,1-3H3/b55-54+. The molecule has 10 rings (SSSR count). The summed E-state index contributed by atoms with van der Waals surface area (Å²) in [6.07, 6.45) is 4.86. The van der Waals surface area contributed by atoms with Crippen molar-refractivity contribution < 1.29 is 50.5 Å². The summed E-state index contributed by atoms with van der Waals surface area (Å²) < 4.78 is 87.2. The van der Waals surface area contributed by atoms with Crippen LogP contribution in [-0.4, -0.2) is 72.7 Å². The normalized spacial score (nSPS) is 14.6. The van der Waals surface area contributed by atoms with Gasteiger partial charge in [-0.15, -0.1) is 10.2 Å². The number of methoxy groups -OCH3 is 2. The Hall–Kier alpha value is -7.70. The maximum atomic E-state index is 14.2. The Morgan fingerprint density at radius 3 is 1.82 bits per heavy atom. The zero-order chi connectivity index (χ0) is 45.4. The van der Waals surface area contributed by atoms with Crippen LogP contribution >= 0.6 is 0 Å². The van der Waals surface area contributed by atoms with Gasteiger partial charge in [0.2, 0.25) is 34.8 Å². The van der Waals surface area contributed by atoms with Gasteiger partial charge in [0, 0.05) is 84.7 Å². The largest absolute Gasteiger partial charge is 0.494 e. The molecule has 0 bridgehead atoms. The number of nitrogens with zero attached hydrogens (tertiary/aromatic N) is 6. The Kier molecular flexibility index (Phi) is 10.1. The van der Waals surface area contributed by atoms with Gasteiger partial charge >= 0.3 is 5.97 Å². The SMILES string of the molecule is COc1cc(N2CCCC2)c(OC)cc1/N=N/c1cc(C(=O)N2CCc3c2ccc2[nH]c(C(=O)N4CCc5c4ccc4[nH]c(C(=O)Oc6c(F)c(F)c(F)c(F)c6F)cc54)cc32)n(C)c1. The Balaban J connectivity index is 0.863. The molecule has 1 saturated heterocycles. The van der Waals surface area contributed by atoms with E-state index in [0.29, 0.717) is 81.3 Å². The lowest BCUT2D eigenvalue weighted by atomic mass is 10.1. The van der Waals surface area contributed by atoms with E-state index in [1.54, 1.807) is 72.2 Å². The van der Waals surface area contributed by atoms with Gasteiger partial charge in [0.05, 0.1) is 19.9 Å². The van der Waals surface area contributed by atoms with Crippen LogP contribution < -0.4 is 28.9 Å². The van der Waals surface area contributed by atoms with Crippen molar-refractivity contribution in [1.29, 1.82) is 0 Å². The molecule has 3 aliphatic rings. The lowest BCUT2D eigenvalue weighted by Crippen LogP contribution is -2.30. The summed E-state index contributed by atoms with van der Waals surface area (Å²) in [6, 6.07) is 15.4. The number of anilines is 3. The maximum absolute atomic E-state index is 14.2. The second kappa shape index (κ2) is 15.8. The van der Waals surface area contributed by atoms with Gasteiger partial charge in [-0.25, -0.2) is 18.0 Å². The average Bonchev–Trinajstić information content (AvgIpc) is 4.18. The first-order valence-electron chi connectivity index (χ1n) is 20.6. The van der Waals surface area contributed by atoms with Crippen molar-refractivity contribution in [3.63, 3.8) is 0 Å². The number of halogens is 5. The first-order valence-corrected chi connectivity index (χ1v) is 20.6. The van der Waals surface area contributed by atoms with Gasteiger partial charge in [0.25, 0.3) is 11.8 Å². The Morgan fingerprint density at radius 1 is 0.631 bits per heavy atom. The summed E-state index contributed by atoms with van der Waals surface area (Å²) in [6.45, 7) is 2.56. The molecule has 3 aromatic heterocycles. The minimum atomic E-state index is -2.38. The monoisotopic (exact) mass is 892 g/mol. The Morgan fingerprint density at radius 2 is 1.20 bits per heavy atom.